The Labute approximate surface area is 113 Å². The molecule has 3 nitrogen and oxygen atoms in total. The Morgan fingerprint density at radius 3 is 3.11 bits per heavy atom. The van der Waals surface area contributed by atoms with Crippen molar-refractivity contribution >= 4 is 11.8 Å². The number of hydrogen-bond acceptors (Lipinski definition) is 4. The Balaban J connectivity index is 1.93. The Kier molecular flexibility index (Phi) is 5.35. The highest BCUT2D eigenvalue weighted by Gasteiger charge is 2.18. The van der Waals surface area contributed by atoms with Gasteiger partial charge in [0, 0.05) is 24.2 Å². The first-order valence-corrected chi connectivity index (χ1v) is 7.45. The highest BCUT2D eigenvalue weighted by Crippen LogP contribution is 2.32. The molecule has 1 aliphatic rings. The van der Waals surface area contributed by atoms with Crippen LogP contribution in [-0.4, -0.2) is 32.1 Å². The van der Waals surface area contributed by atoms with Gasteiger partial charge in [0.05, 0.1) is 13.2 Å². The highest BCUT2D eigenvalue weighted by atomic mass is 32.2. The number of hydrogen-bond donors (Lipinski definition) is 1. The fourth-order valence-corrected chi connectivity index (χ4v) is 3.33. The minimum Gasteiger partial charge on any atom is -0.497 e. The molecule has 1 saturated heterocycles. The molecule has 1 aromatic carbocycles. The standard InChI is InChI=1S/C14H21NO2S/c1-16-12-5-2-4-11(8-12)14(9-15)18-10-13-6-3-7-17-13/h2,4-5,8,13-14H,3,6-7,9-10,15H2,1H3. The van der Waals surface area contributed by atoms with Crippen LogP contribution in [0.4, 0.5) is 0 Å². The van der Waals surface area contributed by atoms with E-state index in [2.05, 4.69) is 12.1 Å². The Bertz CT molecular complexity index is 367. The summed E-state index contributed by atoms with van der Waals surface area (Å²) in [6.45, 7) is 1.56. The number of rotatable bonds is 6. The maximum absolute atomic E-state index is 5.88. The van der Waals surface area contributed by atoms with Gasteiger partial charge in [-0.25, -0.2) is 0 Å². The van der Waals surface area contributed by atoms with Crippen LogP contribution in [-0.2, 0) is 4.74 Å². The maximum atomic E-state index is 5.88. The number of methoxy groups -OCH3 is 1. The summed E-state index contributed by atoms with van der Waals surface area (Å²) in [5.41, 5.74) is 7.11. The van der Waals surface area contributed by atoms with Gasteiger partial charge >= 0.3 is 0 Å². The summed E-state index contributed by atoms with van der Waals surface area (Å²) >= 11 is 1.89. The molecule has 1 aliphatic heterocycles. The molecule has 0 spiro atoms. The molecule has 0 radical (unpaired) electrons. The average molecular weight is 267 g/mol. The van der Waals surface area contributed by atoms with Crippen LogP contribution in [0.2, 0.25) is 0 Å². The van der Waals surface area contributed by atoms with E-state index >= 15 is 0 Å². The third-order valence-corrected chi connectivity index (χ3v) is 4.62. The van der Waals surface area contributed by atoms with Gasteiger partial charge in [-0.3, -0.25) is 0 Å². The van der Waals surface area contributed by atoms with Crippen LogP contribution in [0, 0.1) is 0 Å². The monoisotopic (exact) mass is 267 g/mol. The molecular formula is C14H21NO2S. The minimum atomic E-state index is 0.323. The quantitative estimate of drug-likeness (QED) is 0.860. The molecule has 1 fully saturated rings. The molecule has 0 amide bonds. The average Bonchev–Trinajstić information content (AvgIpc) is 2.93. The van der Waals surface area contributed by atoms with Gasteiger partial charge in [0.15, 0.2) is 0 Å². The molecule has 0 bridgehead atoms. The van der Waals surface area contributed by atoms with Crippen molar-refractivity contribution in [1.29, 1.82) is 0 Å². The van der Waals surface area contributed by atoms with Gasteiger partial charge in [0.1, 0.15) is 5.75 Å². The van der Waals surface area contributed by atoms with Crippen LogP contribution in [0.15, 0.2) is 24.3 Å². The SMILES string of the molecule is COc1cccc(C(CN)SCC2CCCO2)c1. The predicted molar refractivity (Wildman–Crippen MR) is 76.2 cm³/mol. The number of nitrogens with two attached hydrogens (primary N) is 1. The van der Waals surface area contributed by atoms with E-state index in [1.165, 1.54) is 18.4 Å². The van der Waals surface area contributed by atoms with Crippen molar-refractivity contribution in [3.05, 3.63) is 29.8 Å². The maximum Gasteiger partial charge on any atom is 0.119 e. The zero-order valence-electron chi connectivity index (χ0n) is 10.8. The summed E-state index contributed by atoms with van der Waals surface area (Å²) in [6, 6.07) is 8.16. The fourth-order valence-electron chi connectivity index (χ4n) is 2.14. The first-order valence-electron chi connectivity index (χ1n) is 6.40. The molecule has 18 heavy (non-hydrogen) atoms. The van der Waals surface area contributed by atoms with Crippen LogP contribution in [0.25, 0.3) is 0 Å². The van der Waals surface area contributed by atoms with E-state index in [0.29, 0.717) is 17.9 Å². The van der Waals surface area contributed by atoms with Crippen LogP contribution < -0.4 is 10.5 Å². The van der Waals surface area contributed by atoms with Crippen LogP contribution in [0.3, 0.4) is 0 Å². The van der Waals surface area contributed by atoms with Gasteiger partial charge in [0.2, 0.25) is 0 Å². The molecule has 2 unspecified atom stereocenters. The Hall–Kier alpha value is -0.710. The molecule has 0 aliphatic carbocycles. The van der Waals surface area contributed by atoms with E-state index in [0.717, 1.165) is 18.1 Å². The third-order valence-electron chi connectivity index (χ3n) is 3.19. The van der Waals surface area contributed by atoms with Crippen molar-refractivity contribution < 1.29 is 9.47 Å². The molecular weight excluding hydrogens is 246 g/mol. The summed E-state index contributed by atoms with van der Waals surface area (Å²) in [6.07, 6.45) is 2.79. The van der Waals surface area contributed by atoms with Crippen LogP contribution in [0.1, 0.15) is 23.7 Å². The van der Waals surface area contributed by atoms with Crippen molar-refractivity contribution in [1.82, 2.24) is 0 Å². The van der Waals surface area contributed by atoms with E-state index in [1.54, 1.807) is 7.11 Å². The fraction of sp³-hybridized carbons (Fsp3) is 0.571. The van der Waals surface area contributed by atoms with Crippen molar-refractivity contribution in [3.8, 4) is 5.75 Å². The van der Waals surface area contributed by atoms with Crippen molar-refractivity contribution in [2.45, 2.75) is 24.2 Å². The van der Waals surface area contributed by atoms with Gasteiger partial charge in [-0.2, -0.15) is 0 Å². The van der Waals surface area contributed by atoms with Crippen LogP contribution >= 0.6 is 11.8 Å². The second-order valence-electron chi connectivity index (χ2n) is 4.47. The lowest BCUT2D eigenvalue weighted by Gasteiger charge is -2.17. The van der Waals surface area contributed by atoms with E-state index in [9.17, 15) is 0 Å². The number of thioether (sulfide) groups is 1. The van der Waals surface area contributed by atoms with E-state index in [1.807, 2.05) is 23.9 Å². The smallest absolute Gasteiger partial charge is 0.119 e. The second-order valence-corrected chi connectivity index (χ2v) is 5.71. The van der Waals surface area contributed by atoms with E-state index < -0.39 is 0 Å². The summed E-state index contributed by atoms with van der Waals surface area (Å²) < 4.78 is 10.9. The highest BCUT2D eigenvalue weighted by molar-refractivity contribution is 7.99. The lowest BCUT2D eigenvalue weighted by atomic mass is 10.1. The second kappa shape index (κ2) is 7.02. The number of benzene rings is 1. The molecule has 1 heterocycles. The zero-order valence-corrected chi connectivity index (χ0v) is 11.6. The molecule has 0 aromatic heterocycles. The van der Waals surface area contributed by atoms with Crippen molar-refractivity contribution in [3.63, 3.8) is 0 Å². The minimum absolute atomic E-state index is 0.323. The lowest BCUT2D eigenvalue weighted by molar-refractivity contribution is 0.129. The van der Waals surface area contributed by atoms with Crippen LogP contribution in [0.5, 0.6) is 5.75 Å². The van der Waals surface area contributed by atoms with E-state index in [4.69, 9.17) is 15.2 Å². The summed E-state index contributed by atoms with van der Waals surface area (Å²) in [5, 5.41) is 0.323. The molecule has 0 saturated carbocycles. The first-order chi connectivity index (χ1) is 8.83. The molecule has 4 heteroatoms. The lowest BCUT2D eigenvalue weighted by Crippen LogP contribution is -2.14. The van der Waals surface area contributed by atoms with Gasteiger partial charge in [-0.15, -0.1) is 11.8 Å². The zero-order chi connectivity index (χ0) is 12.8. The largest absolute Gasteiger partial charge is 0.497 e. The molecule has 2 N–H and O–H groups in total. The molecule has 100 valence electrons. The third kappa shape index (κ3) is 3.64. The summed E-state index contributed by atoms with van der Waals surface area (Å²) in [5.74, 6) is 1.92. The summed E-state index contributed by atoms with van der Waals surface area (Å²) in [4.78, 5) is 0. The predicted octanol–water partition coefficient (Wildman–Crippen LogP) is 2.61. The molecule has 1 aromatic rings. The summed E-state index contributed by atoms with van der Waals surface area (Å²) in [7, 11) is 1.69. The Morgan fingerprint density at radius 2 is 2.44 bits per heavy atom. The van der Waals surface area contributed by atoms with Gasteiger partial charge in [0.25, 0.3) is 0 Å². The van der Waals surface area contributed by atoms with Crippen molar-refractivity contribution in [2.75, 3.05) is 26.0 Å². The normalized spacial score (nSPS) is 20.9. The molecule has 2 atom stereocenters. The Morgan fingerprint density at radius 1 is 1.56 bits per heavy atom. The van der Waals surface area contributed by atoms with Gasteiger partial charge < -0.3 is 15.2 Å². The van der Waals surface area contributed by atoms with Gasteiger partial charge in [-0.1, -0.05) is 12.1 Å². The molecule has 2 rings (SSSR count). The van der Waals surface area contributed by atoms with Crippen molar-refractivity contribution in [2.24, 2.45) is 5.73 Å². The topological polar surface area (TPSA) is 44.5 Å². The van der Waals surface area contributed by atoms with E-state index in [-0.39, 0.29) is 0 Å². The first kappa shape index (κ1) is 13.7. The van der Waals surface area contributed by atoms with Gasteiger partial charge in [-0.05, 0) is 30.5 Å². The number of ether oxygens (including phenoxy) is 2.